The molecule has 0 saturated heterocycles. The van der Waals surface area contributed by atoms with Crippen molar-refractivity contribution in [1.29, 1.82) is 0 Å². The Bertz CT molecular complexity index is 406. The number of hydrogen-bond donors (Lipinski definition) is 3. The third kappa shape index (κ3) is 2.52. The molecular formula is C8H12N2O3S. The van der Waals surface area contributed by atoms with Crippen LogP contribution in [0.4, 0.5) is 0 Å². The van der Waals surface area contributed by atoms with Crippen LogP contribution >= 0.6 is 0 Å². The van der Waals surface area contributed by atoms with E-state index in [1.54, 1.807) is 6.07 Å². The quantitative estimate of drug-likeness (QED) is 0.609. The van der Waals surface area contributed by atoms with Gasteiger partial charge in [0.1, 0.15) is 0 Å². The van der Waals surface area contributed by atoms with E-state index in [1.165, 1.54) is 12.1 Å². The highest BCUT2D eigenvalue weighted by Crippen LogP contribution is 2.14. The minimum Gasteiger partial charge on any atom is -0.326 e. The third-order valence-electron chi connectivity index (χ3n) is 1.80. The fourth-order valence-corrected chi connectivity index (χ4v) is 1.71. The van der Waals surface area contributed by atoms with E-state index in [4.69, 9.17) is 16.0 Å². The summed E-state index contributed by atoms with van der Waals surface area (Å²) in [6.45, 7) is 0.409. The monoisotopic (exact) mass is 216 g/mol. The standard InChI is InChI=1S/C8H12N2O3S/c9-4-6-1-7(5-10)3-8(2-6)14(11,12)13/h1-3H,4-5,9-10H2,(H,11,12,13). The molecule has 0 saturated carbocycles. The molecule has 0 unspecified atom stereocenters. The predicted molar refractivity (Wildman–Crippen MR) is 52.0 cm³/mol. The van der Waals surface area contributed by atoms with Gasteiger partial charge in [0, 0.05) is 13.1 Å². The minimum atomic E-state index is -4.18. The van der Waals surface area contributed by atoms with Crippen LogP contribution < -0.4 is 11.5 Å². The van der Waals surface area contributed by atoms with E-state index in [1.807, 2.05) is 0 Å². The maximum Gasteiger partial charge on any atom is 0.294 e. The summed E-state index contributed by atoms with van der Waals surface area (Å²) in [7, 11) is -4.18. The summed E-state index contributed by atoms with van der Waals surface area (Å²) in [6.07, 6.45) is 0. The highest BCUT2D eigenvalue weighted by atomic mass is 32.2. The number of rotatable bonds is 3. The van der Waals surface area contributed by atoms with E-state index in [2.05, 4.69) is 0 Å². The van der Waals surface area contributed by atoms with Crippen molar-refractivity contribution in [2.75, 3.05) is 0 Å². The fourth-order valence-electron chi connectivity index (χ4n) is 1.11. The summed E-state index contributed by atoms with van der Waals surface area (Å²) < 4.78 is 30.5. The molecule has 5 nitrogen and oxygen atoms in total. The molecule has 0 radical (unpaired) electrons. The second-order valence-electron chi connectivity index (χ2n) is 2.87. The first kappa shape index (κ1) is 11.1. The smallest absolute Gasteiger partial charge is 0.294 e. The molecule has 14 heavy (non-hydrogen) atoms. The molecule has 1 rings (SSSR count). The Labute approximate surface area is 82.5 Å². The Morgan fingerprint density at radius 3 is 1.79 bits per heavy atom. The summed E-state index contributed by atoms with van der Waals surface area (Å²) in [6, 6.07) is 4.36. The number of hydrogen-bond acceptors (Lipinski definition) is 4. The molecule has 5 N–H and O–H groups in total. The van der Waals surface area contributed by atoms with Crippen LogP contribution in [-0.2, 0) is 23.2 Å². The zero-order chi connectivity index (χ0) is 10.8. The van der Waals surface area contributed by atoms with Crippen molar-refractivity contribution in [2.24, 2.45) is 11.5 Å². The van der Waals surface area contributed by atoms with Gasteiger partial charge >= 0.3 is 0 Å². The zero-order valence-corrected chi connectivity index (χ0v) is 8.29. The lowest BCUT2D eigenvalue weighted by atomic mass is 10.1. The summed E-state index contributed by atoms with van der Waals surface area (Å²) in [5.41, 5.74) is 12.0. The van der Waals surface area contributed by atoms with Crippen LogP contribution in [-0.4, -0.2) is 13.0 Å². The van der Waals surface area contributed by atoms with Gasteiger partial charge in [0.25, 0.3) is 10.1 Å². The number of benzene rings is 1. The maximum absolute atomic E-state index is 10.8. The Morgan fingerprint density at radius 1 is 1.07 bits per heavy atom. The van der Waals surface area contributed by atoms with E-state index in [0.29, 0.717) is 11.1 Å². The maximum atomic E-state index is 10.8. The number of nitrogens with two attached hydrogens (primary N) is 2. The summed E-state index contributed by atoms with van der Waals surface area (Å²) in [5.74, 6) is 0. The average Bonchev–Trinajstić information content (AvgIpc) is 2.15. The zero-order valence-electron chi connectivity index (χ0n) is 7.47. The van der Waals surface area contributed by atoms with Crippen molar-refractivity contribution in [2.45, 2.75) is 18.0 Å². The molecule has 0 heterocycles. The Hall–Kier alpha value is -0.950. The lowest BCUT2D eigenvalue weighted by molar-refractivity contribution is 0.483. The van der Waals surface area contributed by atoms with Gasteiger partial charge in [0.2, 0.25) is 0 Å². The van der Waals surface area contributed by atoms with E-state index in [0.717, 1.165) is 0 Å². The summed E-state index contributed by atoms with van der Waals surface area (Å²) in [4.78, 5) is -0.166. The van der Waals surface area contributed by atoms with E-state index < -0.39 is 10.1 Å². The van der Waals surface area contributed by atoms with Crippen molar-refractivity contribution < 1.29 is 13.0 Å². The lowest BCUT2D eigenvalue weighted by Crippen LogP contribution is -2.06. The summed E-state index contributed by atoms with van der Waals surface area (Å²) >= 11 is 0. The van der Waals surface area contributed by atoms with Gasteiger partial charge < -0.3 is 11.5 Å². The van der Waals surface area contributed by atoms with Gasteiger partial charge in [0.05, 0.1) is 4.90 Å². The van der Waals surface area contributed by atoms with E-state index in [9.17, 15) is 8.42 Å². The topological polar surface area (TPSA) is 106 Å². The van der Waals surface area contributed by atoms with Crippen LogP contribution in [0.1, 0.15) is 11.1 Å². The van der Waals surface area contributed by atoms with Crippen molar-refractivity contribution in [1.82, 2.24) is 0 Å². The van der Waals surface area contributed by atoms with E-state index in [-0.39, 0.29) is 18.0 Å². The van der Waals surface area contributed by atoms with Crippen molar-refractivity contribution in [3.05, 3.63) is 29.3 Å². The van der Waals surface area contributed by atoms with Crippen LogP contribution in [0.25, 0.3) is 0 Å². The van der Waals surface area contributed by atoms with Crippen LogP contribution in [0.15, 0.2) is 23.1 Å². The highest BCUT2D eigenvalue weighted by molar-refractivity contribution is 7.85. The van der Waals surface area contributed by atoms with Gasteiger partial charge in [-0.3, -0.25) is 4.55 Å². The molecular weight excluding hydrogens is 204 g/mol. The summed E-state index contributed by atoms with van der Waals surface area (Å²) in [5, 5.41) is 0. The Balaban J connectivity index is 3.32. The normalized spacial score (nSPS) is 11.6. The van der Waals surface area contributed by atoms with Crippen LogP contribution in [0.3, 0.4) is 0 Å². The highest BCUT2D eigenvalue weighted by Gasteiger charge is 2.11. The molecule has 0 bridgehead atoms. The average molecular weight is 216 g/mol. The van der Waals surface area contributed by atoms with Crippen LogP contribution in [0, 0.1) is 0 Å². The Kier molecular flexibility index (Phi) is 3.22. The molecule has 78 valence electrons. The molecule has 0 aliphatic heterocycles. The van der Waals surface area contributed by atoms with Crippen molar-refractivity contribution in [3.63, 3.8) is 0 Å². The first-order valence-electron chi connectivity index (χ1n) is 3.98. The van der Waals surface area contributed by atoms with Crippen molar-refractivity contribution >= 4 is 10.1 Å². The van der Waals surface area contributed by atoms with Crippen LogP contribution in [0.5, 0.6) is 0 Å². The second-order valence-corrected chi connectivity index (χ2v) is 4.29. The molecule has 6 heteroatoms. The van der Waals surface area contributed by atoms with Gasteiger partial charge in [-0.25, -0.2) is 0 Å². The first-order valence-corrected chi connectivity index (χ1v) is 5.42. The SMILES string of the molecule is NCc1cc(CN)cc(S(=O)(=O)O)c1. The third-order valence-corrected chi connectivity index (χ3v) is 2.63. The molecule has 0 atom stereocenters. The minimum absolute atomic E-state index is 0.166. The lowest BCUT2D eigenvalue weighted by Gasteiger charge is -2.04. The van der Waals surface area contributed by atoms with Gasteiger partial charge in [-0.15, -0.1) is 0 Å². The molecule has 0 amide bonds. The molecule has 0 spiro atoms. The van der Waals surface area contributed by atoms with Gasteiger partial charge in [-0.1, -0.05) is 6.07 Å². The molecule has 0 aliphatic rings. The van der Waals surface area contributed by atoms with Crippen molar-refractivity contribution in [3.8, 4) is 0 Å². The largest absolute Gasteiger partial charge is 0.326 e. The van der Waals surface area contributed by atoms with E-state index >= 15 is 0 Å². The molecule has 1 aromatic carbocycles. The second kappa shape index (κ2) is 4.05. The fraction of sp³-hybridized carbons (Fsp3) is 0.250. The molecule has 0 aliphatic carbocycles. The van der Waals surface area contributed by atoms with Crippen LogP contribution in [0.2, 0.25) is 0 Å². The van der Waals surface area contributed by atoms with Gasteiger partial charge in [-0.05, 0) is 23.3 Å². The molecule has 0 aromatic heterocycles. The predicted octanol–water partition coefficient (Wildman–Crippen LogP) is -0.149. The molecule has 1 aromatic rings. The Morgan fingerprint density at radius 2 is 1.50 bits per heavy atom. The van der Waals surface area contributed by atoms with Gasteiger partial charge in [0.15, 0.2) is 0 Å². The van der Waals surface area contributed by atoms with Gasteiger partial charge in [-0.2, -0.15) is 8.42 Å². The molecule has 0 fully saturated rings. The first-order chi connectivity index (χ1) is 6.47.